The Morgan fingerprint density at radius 1 is 1.48 bits per heavy atom. The number of hydrogen-bond donors (Lipinski definition) is 2. The van der Waals surface area contributed by atoms with Gasteiger partial charge >= 0.3 is 0 Å². The lowest BCUT2D eigenvalue weighted by atomic mass is 9.89. The molecule has 0 saturated carbocycles. The van der Waals surface area contributed by atoms with E-state index < -0.39 is 17.2 Å². The van der Waals surface area contributed by atoms with Crippen molar-refractivity contribution in [2.45, 2.75) is 12.1 Å². The molecule has 0 aliphatic heterocycles. The average Bonchev–Trinajstić information content (AvgIpc) is 2.97. The van der Waals surface area contributed by atoms with Crippen LogP contribution in [0.5, 0.6) is 0 Å². The third kappa shape index (κ3) is 4.16. The normalized spacial score (nSPS) is 13.9. The Hall–Kier alpha value is -2.68. The lowest BCUT2D eigenvalue weighted by molar-refractivity contribution is 0.278. The van der Waals surface area contributed by atoms with Crippen LogP contribution in [0.1, 0.15) is 5.56 Å². The van der Waals surface area contributed by atoms with Crippen molar-refractivity contribution < 1.29 is 8.78 Å². The maximum Gasteiger partial charge on any atom is 0.137 e. The number of aliphatic imine (C=N–C) groups is 1. The Bertz CT molecular complexity index is 686. The number of likely N-dealkylation sites (N-methyl/N-ethyl adjacent to an activating group) is 1. The Kier molecular flexibility index (Phi) is 5.12. The Balaban J connectivity index is 2.37. The van der Waals surface area contributed by atoms with Gasteiger partial charge in [-0.05, 0) is 6.07 Å². The Labute approximate surface area is 132 Å². The van der Waals surface area contributed by atoms with Crippen molar-refractivity contribution in [1.29, 1.82) is 5.41 Å². The van der Waals surface area contributed by atoms with Crippen LogP contribution in [0.3, 0.4) is 0 Å². The first-order valence-corrected chi connectivity index (χ1v) is 6.74. The fourth-order valence-corrected chi connectivity index (χ4v) is 2.35. The topological polar surface area (TPSA) is 96.2 Å². The maximum atomic E-state index is 14.2. The highest BCUT2D eigenvalue weighted by Gasteiger charge is 2.32. The van der Waals surface area contributed by atoms with Gasteiger partial charge < -0.3 is 10.6 Å². The van der Waals surface area contributed by atoms with Crippen molar-refractivity contribution in [3.8, 4) is 0 Å². The van der Waals surface area contributed by atoms with Gasteiger partial charge in [-0.1, -0.05) is 6.07 Å². The van der Waals surface area contributed by atoms with Crippen LogP contribution in [0.4, 0.5) is 8.78 Å². The average molecular weight is 321 g/mol. The van der Waals surface area contributed by atoms with Gasteiger partial charge in [0.05, 0.1) is 18.4 Å². The fraction of sp³-hybridized carbons (Fsp3) is 0.286. The predicted octanol–water partition coefficient (Wildman–Crippen LogP) is 0.978. The van der Waals surface area contributed by atoms with E-state index in [1.165, 1.54) is 29.7 Å². The van der Waals surface area contributed by atoms with E-state index in [0.29, 0.717) is 0 Å². The van der Waals surface area contributed by atoms with E-state index in [2.05, 4.69) is 15.1 Å². The highest BCUT2D eigenvalue weighted by molar-refractivity contribution is 5.68. The van der Waals surface area contributed by atoms with Crippen molar-refractivity contribution in [2.24, 2.45) is 10.7 Å². The SMILES string of the molecule is CN(C=NC=N)CC(N)(Cn1cncn1)c1ccc(F)cc1F. The van der Waals surface area contributed by atoms with Crippen LogP contribution in [-0.4, -0.2) is 45.9 Å². The molecule has 1 unspecified atom stereocenters. The molecule has 1 heterocycles. The number of hydrogen-bond acceptors (Lipinski definition) is 4. The van der Waals surface area contributed by atoms with Crippen molar-refractivity contribution in [3.05, 3.63) is 48.1 Å². The first-order chi connectivity index (χ1) is 10.9. The quantitative estimate of drug-likeness (QED) is 0.587. The number of aromatic nitrogens is 3. The Morgan fingerprint density at radius 2 is 2.26 bits per heavy atom. The minimum absolute atomic E-state index is 0.137. The van der Waals surface area contributed by atoms with Gasteiger partial charge in [0.1, 0.15) is 30.6 Å². The van der Waals surface area contributed by atoms with Crippen LogP contribution < -0.4 is 5.73 Å². The van der Waals surface area contributed by atoms with Crippen LogP contribution in [0, 0.1) is 17.0 Å². The number of nitrogens with zero attached hydrogens (tertiary/aromatic N) is 5. The molecule has 122 valence electrons. The van der Waals surface area contributed by atoms with Gasteiger partial charge in [0, 0.05) is 25.2 Å². The molecule has 1 atom stereocenters. The predicted molar refractivity (Wildman–Crippen MR) is 82.2 cm³/mol. The summed E-state index contributed by atoms with van der Waals surface area (Å²) in [7, 11) is 1.69. The molecule has 0 aliphatic rings. The molecule has 2 rings (SSSR count). The fourth-order valence-electron chi connectivity index (χ4n) is 2.35. The van der Waals surface area contributed by atoms with E-state index in [9.17, 15) is 8.78 Å². The molecule has 2 aromatic rings. The van der Waals surface area contributed by atoms with Crippen LogP contribution in [0.25, 0.3) is 0 Å². The highest BCUT2D eigenvalue weighted by atomic mass is 19.1. The molecular weight excluding hydrogens is 304 g/mol. The van der Waals surface area contributed by atoms with Gasteiger partial charge in [-0.15, -0.1) is 0 Å². The van der Waals surface area contributed by atoms with Gasteiger partial charge in [-0.2, -0.15) is 5.10 Å². The molecule has 3 N–H and O–H groups in total. The lowest BCUT2D eigenvalue weighted by Crippen LogP contribution is -2.50. The lowest BCUT2D eigenvalue weighted by Gasteiger charge is -2.33. The largest absolute Gasteiger partial charge is 0.363 e. The summed E-state index contributed by atoms with van der Waals surface area (Å²) in [6, 6.07) is 3.28. The number of nitrogens with one attached hydrogen (secondary N) is 1. The first kappa shape index (κ1) is 16.7. The standard InChI is InChI=1S/C14H17F2N7/c1-22(9-19-7-17)5-14(18,6-23-10-20-8-21-23)12-3-2-11(15)4-13(12)16/h2-4,7-10,17H,5-6,18H2,1H3. The molecule has 0 aliphatic carbocycles. The third-order valence-corrected chi connectivity index (χ3v) is 3.25. The molecule has 9 heteroatoms. The molecule has 23 heavy (non-hydrogen) atoms. The summed E-state index contributed by atoms with van der Waals surface area (Å²) in [5.41, 5.74) is 5.38. The summed E-state index contributed by atoms with van der Waals surface area (Å²) < 4.78 is 28.9. The summed E-state index contributed by atoms with van der Waals surface area (Å²) in [5.74, 6) is -1.40. The van der Waals surface area contributed by atoms with Crippen LogP contribution in [-0.2, 0) is 12.1 Å². The van der Waals surface area contributed by atoms with Gasteiger partial charge in [0.2, 0.25) is 0 Å². The molecule has 0 saturated heterocycles. The summed E-state index contributed by atoms with van der Waals surface area (Å²) in [6.07, 6.45) is 5.10. The molecule has 0 amide bonds. The van der Waals surface area contributed by atoms with Crippen molar-refractivity contribution in [2.75, 3.05) is 13.6 Å². The zero-order valence-corrected chi connectivity index (χ0v) is 12.5. The highest BCUT2D eigenvalue weighted by Crippen LogP contribution is 2.25. The first-order valence-electron chi connectivity index (χ1n) is 6.74. The number of halogens is 2. The van der Waals surface area contributed by atoms with Gasteiger partial charge in [-0.25, -0.2) is 18.8 Å². The second-order valence-corrected chi connectivity index (χ2v) is 5.18. The number of rotatable bonds is 7. The molecular formula is C14H17F2N7. The second kappa shape index (κ2) is 7.05. The summed E-state index contributed by atoms with van der Waals surface area (Å²) >= 11 is 0. The van der Waals surface area contributed by atoms with Crippen molar-refractivity contribution in [1.82, 2.24) is 19.7 Å². The minimum Gasteiger partial charge on any atom is -0.363 e. The molecule has 7 nitrogen and oxygen atoms in total. The molecule has 0 fully saturated rings. The second-order valence-electron chi connectivity index (χ2n) is 5.18. The number of benzene rings is 1. The Morgan fingerprint density at radius 3 is 2.87 bits per heavy atom. The number of nitrogens with two attached hydrogens (primary N) is 1. The molecule has 1 aromatic carbocycles. The molecule has 0 spiro atoms. The van der Waals surface area contributed by atoms with Crippen LogP contribution >= 0.6 is 0 Å². The van der Waals surface area contributed by atoms with E-state index in [4.69, 9.17) is 11.1 Å². The smallest absolute Gasteiger partial charge is 0.137 e. The van der Waals surface area contributed by atoms with Gasteiger partial charge in [0.25, 0.3) is 0 Å². The van der Waals surface area contributed by atoms with E-state index in [1.807, 2.05) is 0 Å². The summed E-state index contributed by atoms with van der Waals surface area (Å²) in [4.78, 5) is 9.14. The van der Waals surface area contributed by atoms with E-state index in [0.717, 1.165) is 18.5 Å². The van der Waals surface area contributed by atoms with Crippen molar-refractivity contribution >= 4 is 12.7 Å². The van der Waals surface area contributed by atoms with Crippen molar-refractivity contribution in [3.63, 3.8) is 0 Å². The summed E-state index contributed by atoms with van der Waals surface area (Å²) in [5, 5.41) is 10.9. The van der Waals surface area contributed by atoms with E-state index in [1.54, 1.807) is 11.9 Å². The van der Waals surface area contributed by atoms with E-state index >= 15 is 0 Å². The van der Waals surface area contributed by atoms with E-state index in [-0.39, 0.29) is 18.7 Å². The molecule has 0 bridgehead atoms. The van der Waals surface area contributed by atoms with Gasteiger partial charge in [-0.3, -0.25) is 10.1 Å². The molecule has 1 aromatic heterocycles. The zero-order chi connectivity index (χ0) is 16.9. The monoisotopic (exact) mass is 321 g/mol. The zero-order valence-electron chi connectivity index (χ0n) is 12.5. The van der Waals surface area contributed by atoms with Crippen LogP contribution in [0.2, 0.25) is 0 Å². The van der Waals surface area contributed by atoms with Gasteiger partial charge in [0.15, 0.2) is 0 Å². The molecule has 0 radical (unpaired) electrons. The minimum atomic E-state index is -1.20. The maximum absolute atomic E-state index is 14.2. The third-order valence-electron chi connectivity index (χ3n) is 3.25. The summed E-state index contributed by atoms with van der Waals surface area (Å²) in [6.45, 7) is 0.311. The van der Waals surface area contributed by atoms with Crippen LogP contribution in [0.15, 0.2) is 35.8 Å².